The van der Waals surface area contributed by atoms with Gasteiger partial charge in [-0.15, -0.1) is 0 Å². The van der Waals surface area contributed by atoms with Crippen molar-refractivity contribution in [3.63, 3.8) is 0 Å². The molecular weight excluding hydrogens is 343 g/mol. The fourth-order valence-corrected chi connectivity index (χ4v) is 2.75. The number of hydrogen-bond acceptors (Lipinski definition) is 4. The molecule has 0 spiro atoms. The van der Waals surface area contributed by atoms with Gasteiger partial charge in [-0.3, -0.25) is 9.59 Å². The Labute approximate surface area is 180 Å². The van der Waals surface area contributed by atoms with Crippen LogP contribution in [0.4, 0.5) is 0 Å². The summed E-state index contributed by atoms with van der Waals surface area (Å²) in [6.07, 6.45) is 13.4. The van der Waals surface area contributed by atoms with E-state index in [-0.39, 0.29) is 48.3 Å². The molecule has 0 saturated carbocycles. The second-order valence-electron chi connectivity index (χ2n) is 6.73. The fraction of sp³-hybridized carbons (Fsp3) is 0.842. The Morgan fingerprint density at radius 2 is 1.31 bits per heavy atom. The molecule has 6 nitrogen and oxygen atoms in total. The summed E-state index contributed by atoms with van der Waals surface area (Å²) in [5, 5.41) is 13.3. The molecule has 0 aromatic heterocycles. The minimum atomic E-state index is -1.38. The van der Waals surface area contributed by atoms with E-state index in [9.17, 15) is 19.5 Å². The van der Waals surface area contributed by atoms with E-state index in [1.165, 1.54) is 51.4 Å². The van der Waals surface area contributed by atoms with E-state index >= 15 is 0 Å². The molecule has 3 N–H and O–H groups in total. The predicted molar refractivity (Wildman–Crippen MR) is 96.4 cm³/mol. The van der Waals surface area contributed by atoms with Gasteiger partial charge in [0.2, 0.25) is 11.8 Å². The smallest absolute Gasteiger partial charge is 0.548 e. The number of nitrogens with one attached hydrogen (secondary N) is 1. The van der Waals surface area contributed by atoms with Crippen molar-refractivity contribution in [2.24, 2.45) is 5.73 Å². The van der Waals surface area contributed by atoms with Crippen molar-refractivity contribution in [3.05, 3.63) is 0 Å². The second-order valence-corrected chi connectivity index (χ2v) is 6.73. The fourth-order valence-electron chi connectivity index (χ4n) is 2.75. The molecule has 0 heterocycles. The number of carbonyl (C=O) groups is 3. The van der Waals surface area contributed by atoms with Crippen molar-refractivity contribution >= 4 is 17.8 Å². The number of carbonyl (C=O) groups excluding carboxylic acids is 3. The van der Waals surface area contributed by atoms with Gasteiger partial charge >= 0.3 is 29.6 Å². The average Bonchev–Trinajstić information content (AvgIpc) is 2.56. The van der Waals surface area contributed by atoms with Crippen LogP contribution in [0.3, 0.4) is 0 Å². The van der Waals surface area contributed by atoms with Crippen LogP contribution >= 0.6 is 0 Å². The van der Waals surface area contributed by atoms with Crippen molar-refractivity contribution in [1.29, 1.82) is 0 Å². The Kier molecular flexibility index (Phi) is 20.4. The largest absolute Gasteiger partial charge is 1.00 e. The van der Waals surface area contributed by atoms with E-state index in [1.54, 1.807) is 0 Å². The number of primary amides is 1. The number of amides is 2. The summed E-state index contributed by atoms with van der Waals surface area (Å²) < 4.78 is 0. The molecule has 26 heavy (non-hydrogen) atoms. The molecule has 0 aliphatic rings. The zero-order valence-corrected chi connectivity index (χ0v) is 18.7. The van der Waals surface area contributed by atoms with Crippen LogP contribution in [-0.2, 0) is 14.4 Å². The Balaban J connectivity index is 0. The quantitative estimate of drug-likeness (QED) is 0.255. The topological polar surface area (TPSA) is 112 Å². The third-order valence-corrected chi connectivity index (χ3v) is 4.31. The van der Waals surface area contributed by atoms with Crippen molar-refractivity contribution < 1.29 is 49.0 Å². The van der Waals surface area contributed by atoms with Gasteiger partial charge in [0.05, 0.1) is 12.0 Å². The van der Waals surface area contributed by atoms with Gasteiger partial charge in [0.15, 0.2) is 0 Å². The zero-order valence-electron chi connectivity index (χ0n) is 16.7. The van der Waals surface area contributed by atoms with Gasteiger partial charge < -0.3 is 21.0 Å². The number of unbranched alkanes of at least 4 members (excludes halogenated alkanes) is 10. The van der Waals surface area contributed by atoms with Gasteiger partial charge in [0.1, 0.15) is 0 Å². The molecule has 0 aliphatic carbocycles. The summed E-state index contributed by atoms with van der Waals surface area (Å²) in [6, 6.07) is -1.15. The van der Waals surface area contributed by atoms with Crippen LogP contribution in [0.2, 0.25) is 0 Å². The Morgan fingerprint density at radius 1 is 0.846 bits per heavy atom. The van der Waals surface area contributed by atoms with E-state index in [2.05, 4.69) is 12.2 Å². The Hall–Kier alpha value is -0.590. The maximum Gasteiger partial charge on any atom is 1.00 e. The molecule has 146 valence electrons. The van der Waals surface area contributed by atoms with E-state index in [4.69, 9.17) is 5.73 Å². The first-order valence-corrected chi connectivity index (χ1v) is 9.75. The Bertz CT molecular complexity index is 392. The van der Waals surface area contributed by atoms with Crippen LogP contribution in [0.5, 0.6) is 0 Å². The summed E-state index contributed by atoms with van der Waals surface area (Å²) in [6.45, 7) is 2.22. The molecule has 0 saturated heterocycles. The van der Waals surface area contributed by atoms with Crippen molar-refractivity contribution in [2.75, 3.05) is 0 Å². The molecule has 0 rings (SSSR count). The monoisotopic (exact) mass is 378 g/mol. The first kappa shape index (κ1) is 27.6. The van der Waals surface area contributed by atoms with E-state index in [0.717, 1.165) is 19.3 Å². The van der Waals surface area contributed by atoms with Gasteiger partial charge in [-0.2, -0.15) is 0 Å². The SMILES string of the molecule is CCCCCCCCCCCCCC(=O)NC(CCC(N)=O)C(=O)[O-].[Na+]. The summed E-state index contributed by atoms with van der Waals surface area (Å²) in [5.74, 6) is -2.28. The second kappa shape index (κ2) is 19.2. The van der Waals surface area contributed by atoms with Crippen molar-refractivity contribution in [1.82, 2.24) is 5.32 Å². The molecule has 0 aliphatic heterocycles. The van der Waals surface area contributed by atoms with Gasteiger partial charge in [-0.05, 0) is 12.8 Å². The van der Waals surface area contributed by atoms with Gasteiger partial charge in [0.25, 0.3) is 0 Å². The maximum atomic E-state index is 11.7. The molecule has 0 aromatic carbocycles. The van der Waals surface area contributed by atoms with Crippen LogP contribution in [0.25, 0.3) is 0 Å². The molecule has 0 bridgehead atoms. The summed E-state index contributed by atoms with van der Waals surface area (Å²) in [4.78, 5) is 33.4. The molecule has 2 amide bonds. The number of aliphatic carboxylic acids is 1. The third kappa shape index (κ3) is 18.2. The van der Waals surface area contributed by atoms with Crippen LogP contribution in [0, 0.1) is 0 Å². The summed E-state index contributed by atoms with van der Waals surface area (Å²) >= 11 is 0. The average molecular weight is 378 g/mol. The first-order valence-electron chi connectivity index (χ1n) is 9.75. The molecule has 0 fully saturated rings. The zero-order chi connectivity index (χ0) is 18.9. The van der Waals surface area contributed by atoms with Crippen LogP contribution in [-0.4, -0.2) is 23.8 Å². The van der Waals surface area contributed by atoms with Crippen molar-refractivity contribution in [2.45, 2.75) is 103 Å². The van der Waals surface area contributed by atoms with Crippen LogP contribution in [0.15, 0.2) is 0 Å². The number of carboxylic acid groups (broad SMARTS) is 1. The van der Waals surface area contributed by atoms with Gasteiger partial charge in [0, 0.05) is 12.8 Å². The standard InChI is InChI=1S/C19H36N2O4.Na/c1-2-3-4-5-6-7-8-9-10-11-12-13-18(23)21-16(19(24)25)14-15-17(20)22;/h16H,2-15H2,1H3,(H2,20,22)(H,21,23)(H,24,25);/q;+1/p-1. The summed E-state index contributed by atoms with van der Waals surface area (Å²) in [7, 11) is 0. The third-order valence-electron chi connectivity index (χ3n) is 4.31. The molecule has 7 heteroatoms. The number of rotatable bonds is 17. The van der Waals surface area contributed by atoms with E-state index < -0.39 is 17.9 Å². The first-order chi connectivity index (χ1) is 12.0. The van der Waals surface area contributed by atoms with E-state index in [0.29, 0.717) is 6.42 Å². The number of hydrogen-bond donors (Lipinski definition) is 2. The minimum Gasteiger partial charge on any atom is -0.548 e. The van der Waals surface area contributed by atoms with Gasteiger partial charge in [-0.1, -0.05) is 71.1 Å². The molecule has 1 unspecified atom stereocenters. The molecule has 1 atom stereocenters. The predicted octanol–water partition coefficient (Wildman–Crippen LogP) is -0.808. The molecule has 0 radical (unpaired) electrons. The van der Waals surface area contributed by atoms with Crippen LogP contribution < -0.4 is 45.7 Å². The normalized spacial score (nSPS) is 11.4. The van der Waals surface area contributed by atoms with Crippen LogP contribution in [0.1, 0.15) is 96.8 Å². The molecular formula is C19H35N2NaO4. The maximum absolute atomic E-state index is 11.7. The van der Waals surface area contributed by atoms with Crippen molar-refractivity contribution in [3.8, 4) is 0 Å². The number of carboxylic acids is 1. The summed E-state index contributed by atoms with van der Waals surface area (Å²) in [5.41, 5.74) is 4.99. The number of nitrogens with two attached hydrogens (primary N) is 1. The Morgan fingerprint density at radius 3 is 1.73 bits per heavy atom. The molecule has 0 aromatic rings. The van der Waals surface area contributed by atoms with E-state index in [1.807, 2.05) is 0 Å². The van der Waals surface area contributed by atoms with Gasteiger partial charge in [-0.25, -0.2) is 0 Å². The minimum absolute atomic E-state index is 0.